The van der Waals surface area contributed by atoms with Crippen molar-refractivity contribution in [2.75, 3.05) is 12.4 Å². The fourth-order valence-electron chi connectivity index (χ4n) is 2.08. The molecule has 17 heavy (non-hydrogen) atoms. The van der Waals surface area contributed by atoms with E-state index < -0.39 is 5.97 Å². The Morgan fingerprint density at radius 2 is 2.24 bits per heavy atom. The van der Waals surface area contributed by atoms with Crippen molar-refractivity contribution in [3.63, 3.8) is 0 Å². The van der Waals surface area contributed by atoms with Crippen molar-refractivity contribution >= 4 is 33.5 Å². The molecular formula is C12H12BrNO3. The topological polar surface area (TPSA) is 55.4 Å². The van der Waals surface area contributed by atoms with Gasteiger partial charge in [0.05, 0.1) is 24.3 Å². The molecule has 1 aliphatic heterocycles. The van der Waals surface area contributed by atoms with E-state index in [-0.39, 0.29) is 11.8 Å². The second-order valence-corrected chi connectivity index (χ2v) is 4.68. The van der Waals surface area contributed by atoms with Gasteiger partial charge >= 0.3 is 5.97 Å². The molecule has 90 valence electrons. The first-order valence-corrected chi connectivity index (χ1v) is 6.11. The van der Waals surface area contributed by atoms with Gasteiger partial charge in [0.1, 0.15) is 0 Å². The fraction of sp³-hybridized carbons (Fsp3) is 0.333. The summed E-state index contributed by atoms with van der Waals surface area (Å²) in [6.45, 7) is 1.94. The Labute approximate surface area is 107 Å². The first-order valence-electron chi connectivity index (χ1n) is 5.31. The number of fused-ring (bicyclic) bond motifs is 1. The van der Waals surface area contributed by atoms with Crippen LogP contribution in [0.2, 0.25) is 0 Å². The van der Waals surface area contributed by atoms with Crippen molar-refractivity contribution in [3.8, 4) is 0 Å². The number of rotatable bonds is 2. The highest BCUT2D eigenvalue weighted by Gasteiger charge is 2.34. The van der Waals surface area contributed by atoms with Gasteiger partial charge in [-0.2, -0.15) is 0 Å². The summed E-state index contributed by atoms with van der Waals surface area (Å²) in [6.07, 6.45) is 0.696. The monoisotopic (exact) mass is 297 g/mol. The van der Waals surface area contributed by atoms with Crippen LogP contribution in [-0.4, -0.2) is 19.0 Å². The third-order valence-corrected chi connectivity index (χ3v) is 3.61. The summed E-state index contributed by atoms with van der Waals surface area (Å²) in [5, 5.41) is 2.75. The molecule has 0 radical (unpaired) electrons. The maximum atomic E-state index is 11.8. The Morgan fingerprint density at radius 1 is 1.53 bits per heavy atom. The van der Waals surface area contributed by atoms with Crippen molar-refractivity contribution in [1.82, 2.24) is 0 Å². The van der Waals surface area contributed by atoms with Crippen LogP contribution in [0, 0.1) is 0 Å². The Morgan fingerprint density at radius 3 is 2.82 bits per heavy atom. The zero-order valence-corrected chi connectivity index (χ0v) is 11.1. The van der Waals surface area contributed by atoms with Gasteiger partial charge in [0, 0.05) is 10.0 Å². The third-order valence-electron chi connectivity index (χ3n) is 2.92. The lowest BCUT2D eigenvalue weighted by Gasteiger charge is -2.09. The molecule has 0 saturated heterocycles. The number of nitrogens with one attached hydrogen (secondary N) is 1. The summed E-state index contributed by atoms with van der Waals surface area (Å²) in [5.74, 6) is -0.714. The van der Waals surface area contributed by atoms with Gasteiger partial charge in [-0.15, -0.1) is 0 Å². The van der Waals surface area contributed by atoms with Gasteiger partial charge < -0.3 is 10.1 Å². The predicted octanol–water partition coefficient (Wildman–Crippen LogP) is 2.68. The maximum absolute atomic E-state index is 11.8. The molecule has 5 heteroatoms. The zero-order chi connectivity index (χ0) is 12.6. The van der Waals surface area contributed by atoms with E-state index in [0.29, 0.717) is 17.7 Å². The van der Waals surface area contributed by atoms with E-state index in [9.17, 15) is 9.59 Å². The maximum Gasteiger partial charge on any atom is 0.339 e. The first kappa shape index (κ1) is 12.1. The molecule has 1 aromatic rings. The lowest BCUT2D eigenvalue weighted by atomic mass is 9.96. The van der Waals surface area contributed by atoms with Crippen LogP contribution in [0.3, 0.4) is 0 Å². The first-order chi connectivity index (χ1) is 8.10. The highest BCUT2D eigenvalue weighted by molar-refractivity contribution is 9.10. The number of carbonyl (C=O) groups is 2. The van der Waals surface area contributed by atoms with E-state index in [4.69, 9.17) is 4.74 Å². The van der Waals surface area contributed by atoms with Crippen LogP contribution in [0.25, 0.3) is 0 Å². The van der Waals surface area contributed by atoms with E-state index in [1.807, 2.05) is 6.92 Å². The average Bonchev–Trinajstić information content (AvgIpc) is 2.66. The molecule has 0 aliphatic carbocycles. The smallest absolute Gasteiger partial charge is 0.339 e. The zero-order valence-electron chi connectivity index (χ0n) is 9.54. The largest absolute Gasteiger partial charge is 0.465 e. The lowest BCUT2D eigenvalue weighted by molar-refractivity contribution is -0.117. The van der Waals surface area contributed by atoms with Crippen molar-refractivity contribution in [1.29, 1.82) is 0 Å². The minimum Gasteiger partial charge on any atom is -0.465 e. The molecule has 1 aliphatic rings. The van der Waals surface area contributed by atoms with E-state index in [2.05, 4.69) is 21.2 Å². The summed E-state index contributed by atoms with van der Waals surface area (Å²) in [7, 11) is 1.32. The summed E-state index contributed by atoms with van der Waals surface area (Å²) < 4.78 is 5.54. The number of esters is 1. The molecule has 0 bridgehead atoms. The summed E-state index contributed by atoms with van der Waals surface area (Å²) >= 11 is 3.42. The predicted molar refractivity (Wildman–Crippen MR) is 67.1 cm³/mol. The second kappa shape index (κ2) is 4.49. The van der Waals surface area contributed by atoms with Gasteiger partial charge in [0.2, 0.25) is 5.91 Å². The number of methoxy groups -OCH3 is 1. The molecule has 0 aromatic heterocycles. The molecule has 2 rings (SSSR count). The molecule has 0 spiro atoms. The molecule has 1 unspecified atom stereocenters. The van der Waals surface area contributed by atoms with Gasteiger partial charge in [-0.3, -0.25) is 4.79 Å². The second-order valence-electron chi connectivity index (χ2n) is 3.83. The van der Waals surface area contributed by atoms with Crippen molar-refractivity contribution in [2.24, 2.45) is 0 Å². The quantitative estimate of drug-likeness (QED) is 0.854. The van der Waals surface area contributed by atoms with Crippen molar-refractivity contribution in [3.05, 3.63) is 27.7 Å². The fourth-order valence-corrected chi connectivity index (χ4v) is 2.69. The van der Waals surface area contributed by atoms with E-state index in [0.717, 1.165) is 10.0 Å². The number of hydrogen-bond acceptors (Lipinski definition) is 3. The SMILES string of the molecule is CCC1C(=O)Nc2c(C(=O)OC)ccc(Br)c21. The van der Waals surface area contributed by atoms with Crippen LogP contribution in [0.5, 0.6) is 0 Å². The molecule has 1 N–H and O–H groups in total. The molecule has 4 nitrogen and oxygen atoms in total. The van der Waals surface area contributed by atoms with Crippen LogP contribution in [0.15, 0.2) is 16.6 Å². The summed E-state index contributed by atoms with van der Waals surface area (Å²) in [4.78, 5) is 23.4. The van der Waals surface area contributed by atoms with Crippen LogP contribution < -0.4 is 5.32 Å². The summed E-state index contributed by atoms with van der Waals surface area (Å²) in [6, 6.07) is 3.42. The Balaban J connectivity index is 2.61. The van der Waals surface area contributed by atoms with Crippen LogP contribution in [0.1, 0.15) is 35.2 Å². The van der Waals surface area contributed by atoms with Gasteiger partial charge in [-0.25, -0.2) is 4.79 Å². The summed E-state index contributed by atoms with van der Waals surface area (Å²) in [5.41, 5.74) is 1.82. The highest BCUT2D eigenvalue weighted by atomic mass is 79.9. The lowest BCUT2D eigenvalue weighted by Crippen LogP contribution is -2.11. The van der Waals surface area contributed by atoms with Gasteiger partial charge in [0.25, 0.3) is 0 Å². The average molecular weight is 298 g/mol. The Kier molecular flexibility index (Phi) is 3.19. The van der Waals surface area contributed by atoms with Gasteiger partial charge in [-0.1, -0.05) is 22.9 Å². The minimum absolute atomic E-state index is 0.0699. The highest BCUT2D eigenvalue weighted by Crippen LogP contribution is 2.41. The molecular weight excluding hydrogens is 286 g/mol. The van der Waals surface area contributed by atoms with Crippen molar-refractivity contribution < 1.29 is 14.3 Å². The van der Waals surface area contributed by atoms with Gasteiger partial charge in [0.15, 0.2) is 0 Å². The number of hydrogen-bond donors (Lipinski definition) is 1. The van der Waals surface area contributed by atoms with E-state index in [1.165, 1.54) is 7.11 Å². The number of anilines is 1. The third kappa shape index (κ3) is 1.84. The number of ether oxygens (including phenoxy) is 1. The molecule has 0 fully saturated rings. The normalized spacial score (nSPS) is 17.6. The van der Waals surface area contributed by atoms with E-state index in [1.54, 1.807) is 12.1 Å². The standard InChI is InChI=1S/C12H12BrNO3/c1-3-6-9-8(13)5-4-7(12(16)17-2)10(9)14-11(6)15/h4-6H,3H2,1-2H3,(H,14,15). The molecule has 1 heterocycles. The number of carbonyl (C=O) groups excluding carboxylic acids is 2. The number of amides is 1. The van der Waals surface area contributed by atoms with Crippen LogP contribution >= 0.6 is 15.9 Å². The van der Waals surface area contributed by atoms with Gasteiger partial charge in [-0.05, 0) is 18.6 Å². The van der Waals surface area contributed by atoms with Crippen molar-refractivity contribution in [2.45, 2.75) is 19.3 Å². The minimum atomic E-state index is -0.439. The van der Waals surface area contributed by atoms with Crippen LogP contribution in [0.4, 0.5) is 5.69 Å². The molecule has 1 atom stereocenters. The van der Waals surface area contributed by atoms with Crippen LogP contribution in [-0.2, 0) is 9.53 Å². The number of benzene rings is 1. The Hall–Kier alpha value is -1.36. The molecule has 1 aromatic carbocycles. The Bertz CT molecular complexity index is 499. The number of halogens is 1. The van der Waals surface area contributed by atoms with E-state index >= 15 is 0 Å². The molecule has 1 amide bonds. The molecule has 0 saturated carbocycles.